The van der Waals surface area contributed by atoms with E-state index in [0.717, 1.165) is 0 Å². The third kappa shape index (κ3) is 3.02. The van der Waals surface area contributed by atoms with Crippen LogP contribution in [-0.2, 0) is 0 Å². The lowest BCUT2D eigenvalue weighted by Gasteiger charge is -2.21. The average Bonchev–Trinajstić information content (AvgIpc) is 2.78. The van der Waals surface area contributed by atoms with Gasteiger partial charge in [0.2, 0.25) is 0 Å². The fraction of sp³-hybridized carbons (Fsp3) is 0.0400. The van der Waals surface area contributed by atoms with Crippen LogP contribution in [0.25, 0.3) is 21.8 Å². The van der Waals surface area contributed by atoms with E-state index in [-0.39, 0.29) is 22.6 Å². The van der Waals surface area contributed by atoms with Crippen molar-refractivity contribution in [3.63, 3.8) is 0 Å². The monoisotopic (exact) mass is 428 g/mol. The number of aromatic hydroxyl groups is 2. The molecule has 0 aliphatic rings. The molecular weight excluding hydrogens is 411 g/mol. The third-order valence-electron chi connectivity index (χ3n) is 5.64. The van der Waals surface area contributed by atoms with E-state index in [1.165, 1.54) is 24.3 Å². The first-order valence-corrected chi connectivity index (χ1v) is 9.89. The van der Waals surface area contributed by atoms with Gasteiger partial charge in [0.25, 0.3) is 11.1 Å². The van der Waals surface area contributed by atoms with Gasteiger partial charge in [0.1, 0.15) is 17.3 Å². The van der Waals surface area contributed by atoms with Crippen LogP contribution in [0.15, 0.2) is 82.4 Å². The Hall–Kier alpha value is -4.39. The van der Waals surface area contributed by atoms with E-state index in [9.17, 15) is 24.2 Å². The van der Waals surface area contributed by atoms with Gasteiger partial charge in [-0.3, -0.25) is 9.59 Å². The molecule has 32 heavy (non-hydrogen) atoms. The predicted molar refractivity (Wildman–Crippen MR) is 120 cm³/mol. The Labute approximate surface area is 180 Å². The van der Waals surface area contributed by atoms with Gasteiger partial charge in [-0.25, -0.2) is 4.39 Å². The molecule has 5 aromatic rings. The summed E-state index contributed by atoms with van der Waals surface area (Å²) in [6.07, 6.45) is 0. The van der Waals surface area contributed by atoms with Crippen LogP contribution in [0.5, 0.6) is 11.5 Å². The lowest BCUT2D eigenvalue weighted by Crippen LogP contribution is -2.24. The van der Waals surface area contributed by atoms with Crippen LogP contribution in [0.4, 0.5) is 4.39 Å². The number of nitrogens with one attached hydrogen (secondary N) is 2. The largest absolute Gasteiger partial charge is 0.507 e. The van der Waals surface area contributed by atoms with Gasteiger partial charge in [-0.2, -0.15) is 0 Å². The Kier molecular flexibility index (Phi) is 4.52. The molecule has 0 bridgehead atoms. The van der Waals surface area contributed by atoms with Crippen molar-refractivity contribution in [3.8, 4) is 11.5 Å². The normalized spacial score (nSPS) is 11.4. The zero-order valence-corrected chi connectivity index (χ0v) is 16.6. The number of fused-ring (bicyclic) bond motifs is 2. The number of para-hydroxylation sites is 2. The fourth-order valence-electron chi connectivity index (χ4n) is 4.15. The van der Waals surface area contributed by atoms with E-state index in [0.29, 0.717) is 27.4 Å². The molecule has 0 saturated carbocycles. The molecule has 0 amide bonds. The number of H-pyrrole nitrogens is 2. The molecule has 0 aliphatic carbocycles. The molecule has 5 rings (SSSR count). The number of aromatic nitrogens is 2. The Balaban J connectivity index is 1.91. The topological polar surface area (TPSA) is 106 Å². The Morgan fingerprint density at radius 3 is 1.56 bits per heavy atom. The van der Waals surface area contributed by atoms with Gasteiger partial charge in [-0.15, -0.1) is 0 Å². The van der Waals surface area contributed by atoms with Crippen LogP contribution in [-0.4, -0.2) is 20.2 Å². The summed E-state index contributed by atoms with van der Waals surface area (Å²) >= 11 is 0. The van der Waals surface area contributed by atoms with Gasteiger partial charge >= 0.3 is 0 Å². The molecule has 6 nitrogen and oxygen atoms in total. The highest BCUT2D eigenvalue weighted by atomic mass is 19.1. The van der Waals surface area contributed by atoms with Crippen molar-refractivity contribution in [1.29, 1.82) is 0 Å². The third-order valence-corrected chi connectivity index (χ3v) is 5.64. The lowest BCUT2D eigenvalue weighted by atomic mass is 9.84. The molecule has 2 heterocycles. The number of benzene rings is 3. The lowest BCUT2D eigenvalue weighted by molar-refractivity contribution is 0.462. The van der Waals surface area contributed by atoms with Crippen molar-refractivity contribution in [2.24, 2.45) is 0 Å². The van der Waals surface area contributed by atoms with E-state index >= 15 is 0 Å². The van der Waals surface area contributed by atoms with Crippen LogP contribution in [0.3, 0.4) is 0 Å². The second-order valence-electron chi connectivity index (χ2n) is 7.51. The summed E-state index contributed by atoms with van der Waals surface area (Å²) in [5.41, 5.74) is -0.275. The summed E-state index contributed by atoms with van der Waals surface area (Å²) in [7, 11) is 0. The number of hydrogen-bond acceptors (Lipinski definition) is 4. The van der Waals surface area contributed by atoms with Crippen LogP contribution < -0.4 is 11.1 Å². The Bertz CT molecular complexity index is 1500. The predicted octanol–water partition coefficient (Wildman–Crippen LogP) is 4.10. The smallest absolute Gasteiger partial charge is 0.256 e. The van der Waals surface area contributed by atoms with Crippen molar-refractivity contribution >= 4 is 21.8 Å². The molecule has 0 saturated heterocycles. The highest BCUT2D eigenvalue weighted by Crippen LogP contribution is 2.40. The molecule has 0 spiro atoms. The Morgan fingerprint density at radius 1 is 0.656 bits per heavy atom. The molecule has 3 aromatic carbocycles. The van der Waals surface area contributed by atoms with Crippen LogP contribution >= 0.6 is 0 Å². The number of aromatic amines is 2. The number of halogens is 1. The minimum absolute atomic E-state index is 0.119. The molecular formula is C25H17FN2O4. The van der Waals surface area contributed by atoms with E-state index < -0.39 is 22.9 Å². The highest BCUT2D eigenvalue weighted by Gasteiger charge is 2.30. The summed E-state index contributed by atoms with van der Waals surface area (Å²) in [5.74, 6) is -2.28. The van der Waals surface area contributed by atoms with Crippen LogP contribution in [0.1, 0.15) is 22.6 Å². The summed E-state index contributed by atoms with van der Waals surface area (Å²) < 4.78 is 13.7. The van der Waals surface area contributed by atoms with E-state index in [2.05, 4.69) is 9.97 Å². The van der Waals surface area contributed by atoms with Gasteiger partial charge in [0, 0.05) is 10.8 Å². The van der Waals surface area contributed by atoms with Crippen molar-refractivity contribution in [1.82, 2.24) is 9.97 Å². The highest BCUT2D eigenvalue weighted by molar-refractivity contribution is 5.88. The first kappa shape index (κ1) is 19.6. The van der Waals surface area contributed by atoms with Crippen molar-refractivity contribution in [3.05, 3.63) is 116 Å². The average molecular weight is 428 g/mol. The van der Waals surface area contributed by atoms with Gasteiger partial charge in [0.05, 0.1) is 28.1 Å². The SMILES string of the molecule is O=c1[nH]c2ccccc2c(O)c1C(c1ccc(F)cc1)c1c(O)c2ccccc2[nH]c1=O. The molecule has 7 heteroatoms. The molecule has 0 atom stereocenters. The minimum Gasteiger partial charge on any atom is -0.507 e. The first-order valence-electron chi connectivity index (χ1n) is 9.89. The van der Waals surface area contributed by atoms with E-state index in [1.54, 1.807) is 48.5 Å². The zero-order valence-electron chi connectivity index (χ0n) is 16.6. The second kappa shape index (κ2) is 7.39. The molecule has 0 aliphatic heterocycles. The number of rotatable bonds is 3. The van der Waals surface area contributed by atoms with Gasteiger partial charge in [0.15, 0.2) is 0 Å². The van der Waals surface area contributed by atoms with E-state index in [1.807, 2.05) is 0 Å². The Morgan fingerprint density at radius 2 is 1.09 bits per heavy atom. The maximum absolute atomic E-state index is 13.7. The summed E-state index contributed by atoms with van der Waals surface area (Å²) in [4.78, 5) is 31.7. The molecule has 0 fully saturated rings. The second-order valence-corrected chi connectivity index (χ2v) is 7.51. The van der Waals surface area contributed by atoms with Crippen LogP contribution in [0, 0.1) is 5.82 Å². The quantitative estimate of drug-likeness (QED) is 0.347. The van der Waals surface area contributed by atoms with Gasteiger partial charge < -0.3 is 20.2 Å². The molecule has 2 aromatic heterocycles. The van der Waals surface area contributed by atoms with E-state index in [4.69, 9.17) is 0 Å². The van der Waals surface area contributed by atoms with Crippen LogP contribution in [0.2, 0.25) is 0 Å². The zero-order chi connectivity index (χ0) is 22.4. The van der Waals surface area contributed by atoms with Crippen molar-refractivity contribution < 1.29 is 14.6 Å². The number of pyridine rings is 2. The maximum atomic E-state index is 13.7. The standard InChI is InChI=1S/C25H17FN2O4/c26-14-11-9-13(10-12-14)19(20-22(29)15-5-1-3-7-17(15)27-24(20)31)21-23(30)16-6-2-4-8-18(16)28-25(21)32/h1-12,19H,(H2,27,29,31)(H2,28,30,32). The van der Waals surface area contributed by atoms with Gasteiger partial charge in [-0.1, -0.05) is 36.4 Å². The fourth-order valence-corrected chi connectivity index (χ4v) is 4.15. The minimum atomic E-state index is -1.16. The van der Waals surface area contributed by atoms with Crippen molar-refractivity contribution in [2.45, 2.75) is 5.92 Å². The molecule has 158 valence electrons. The summed E-state index contributed by atoms with van der Waals surface area (Å²) in [5, 5.41) is 22.9. The van der Waals surface area contributed by atoms with Gasteiger partial charge in [-0.05, 0) is 42.0 Å². The maximum Gasteiger partial charge on any atom is 0.256 e. The molecule has 0 radical (unpaired) electrons. The summed E-state index contributed by atoms with van der Waals surface area (Å²) in [6, 6.07) is 18.6. The molecule has 0 unspecified atom stereocenters. The van der Waals surface area contributed by atoms with Crippen molar-refractivity contribution in [2.75, 3.05) is 0 Å². The summed E-state index contributed by atoms with van der Waals surface area (Å²) in [6.45, 7) is 0. The number of hydrogen-bond donors (Lipinski definition) is 4. The first-order chi connectivity index (χ1) is 15.5. The molecule has 4 N–H and O–H groups in total.